The number of benzene rings is 1. The highest BCUT2D eigenvalue weighted by molar-refractivity contribution is 5.94. The van der Waals surface area contributed by atoms with E-state index in [4.69, 9.17) is 5.11 Å². The minimum atomic E-state index is -5.29. The Kier molecular flexibility index (Phi) is 4.40. The molecule has 0 bridgehead atoms. The van der Waals surface area contributed by atoms with E-state index in [0.717, 1.165) is 23.5 Å². The molecule has 0 radical (unpaired) electrons. The number of hydrogen-bond donors (Lipinski definition) is 3. The van der Waals surface area contributed by atoms with Gasteiger partial charge in [0.25, 0.3) is 0 Å². The summed E-state index contributed by atoms with van der Waals surface area (Å²) in [4.78, 5) is 22.0. The molecule has 116 valence electrons. The number of carbonyl (C=O) groups excluding carboxylic acids is 1. The average molecular weight is 312 g/mol. The molecule has 0 aliphatic heterocycles. The third-order valence-corrected chi connectivity index (χ3v) is 2.56. The van der Waals surface area contributed by atoms with Crippen LogP contribution >= 0.6 is 0 Å². The van der Waals surface area contributed by atoms with Crippen molar-refractivity contribution >= 4 is 17.7 Å². The SMILES string of the molecule is CC(NC(=O)Nc1cccc(F)c1F)(C(=O)O)C(F)(F)F. The summed E-state index contributed by atoms with van der Waals surface area (Å²) in [6, 6.07) is 0.981. The number of alkyl halides is 3. The van der Waals surface area contributed by atoms with Gasteiger partial charge in [0.15, 0.2) is 11.6 Å². The molecule has 0 aliphatic rings. The van der Waals surface area contributed by atoms with Gasteiger partial charge in [0, 0.05) is 0 Å². The summed E-state index contributed by atoms with van der Waals surface area (Å²) < 4.78 is 64.0. The van der Waals surface area contributed by atoms with E-state index in [0.29, 0.717) is 0 Å². The molecule has 21 heavy (non-hydrogen) atoms. The van der Waals surface area contributed by atoms with Crippen LogP contribution in [-0.2, 0) is 4.79 Å². The molecular weight excluding hydrogens is 303 g/mol. The minimum Gasteiger partial charge on any atom is -0.479 e. The van der Waals surface area contributed by atoms with Crippen LogP contribution in [0, 0.1) is 11.6 Å². The number of carbonyl (C=O) groups is 2. The van der Waals surface area contributed by atoms with Gasteiger partial charge in [0.2, 0.25) is 5.54 Å². The first-order valence-electron chi connectivity index (χ1n) is 5.32. The lowest BCUT2D eigenvalue weighted by molar-refractivity contribution is -0.203. The second-order valence-corrected chi connectivity index (χ2v) is 4.11. The summed E-state index contributed by atoms with van der Waals surface area (Å²) in [5.74, 6) is -5.17. The lowest BCUT2D eigenvalue weighted by Gasteiger charge is -2.28. The normalized spacial score (nSPS) is 14.2. The van der Waals surface area contributed by atoms with Gasteiger partial charge in [0.1, 0.15) is 0 Å². The quantitative estimate of drug-likeness (QED) is 0.750. The third kappa shape index (κ3) is 3.38. The fourth-order valence-corrected chi connectivity index (χ4v) is 1.23. The summed E-state index contributed by atoms with van der Waals surface area (Å²) in [6.45, 7) is 0.219. The standard InChI is InChI=1S/C11H9F5N2O3/c1-10(8(19)20,11(14,15)16)18-9(21)17-6-4-2-3-5(12)7(6)13/h2-4H,1H3,(H,19,20)(H2,17,18,21). The van der Waals surface area contributed by atoms with Crippen molar-refractivity contribution < 1.29 is 36.6 Å². The first kappa shape index (κ1) is 16.7. The van der Waals surface area contributed by atoms with Crippen LogP contribution in [0.25, 0.3) is 0 Å². The largest absolute Gasteiger partial charge is 0.479 e. The number of carboxylic acids is 1. The molecule has 1 aromatic carbocycles. The molecule has 1 rings (SSSR count). The number of rotatable bonds is 3. The van der Waals surface area contributed by atoms with Crippen molar-refractivity contribution in [2.45, 2.75) is 18.6 Å². The predicted octanol–water partition coefficient (Wildman–Crippen LogP) is 2.49. The second-order valence-electron chi connectivity index (χ2n) is 4.11. The molecular formula is C11H9F5N2O3. The van der Waals surface area contributed by atoms with Crippen molar-refractivity contribution in [1.29, 1.82) is 0 Å². The highest BCUT2D eigenvalue weighted by Gasteiger charge is 2.58. The van der Waals surface area contributed by atoms with Crippen molar-refractivity contribution in [1.82, 2.24) is 5.32 Å². The van der Waals surface area contributed by atoms with E-state index >= 15 is 0 Å². The summed E-state index contributed by atoms with van der Waals surface area (Å²) >= 11 is 0. The molecule has 1 aromatic rings. The zero-order valence-corrected chi connectivity index (χ0v) is 10.4. The minimum absolute atomic E-state index is 0.219. The van der Waals surface area contributed by atoms with Gasteiger partial charge in [0.05, 0.1) is 5.69 Å². The van der Waals surface area contributed by atoms with Gasteiger partial charge in [-0.1, -0.05) is 6.07 Å². The van der Waals surface area contributed by atoms with Crippen LogP contribution in [0.3, 0.4) is 0 Å². The number of anilines is 1. The van der Waals surface area contributed by atoms with Crippen molar-refractivity contribution in [2.24, 2.45) is 0 Å². The van der Waals surface area contributed by atoms with Gasteiger partial charge in [-0.15, -0.1) is 0 Å². The molecule has 0 fully saturated rings. The molecule has 10 heteroatoms. The first-order chi connectivity index (χ1) is 9.49. The van der Waals surface area contributed by atoms with Crippen LogP contribution in [0.1, 0.15) is 6.92 Å². The Morgan fingerprint density at radius 3 is 2.24 bits per heavy atom. The number of hydrogen-bond acceptors (Lipinski definition) is 2. The highest BCUT2D eigenvalue weighted by Crippen LogP contribution is 2.30. The average Bonchev–Trinajstić information content (AvgIpc) is 2.33. The maximum atomic E-state index is 13.2. The molecule has 3 N–H and O–H groups in total. The fourth-order valence-electron chi connectivity index (χ4n) is 1.23. The smallest absolute Gasteiger partial charge is 0.422 e. The van der Waals surface area contributed by atoms with E-state index in [1.54, 1.807) is 5.32 Å². The number of urea groups is 1. The van der Waals surface area contributed by atoms with E-state index in [1.807, 2.05) is 0 Å². The Morgan fingerprint density at radius 2 is 1.76 bits per heavy atom. The topological polar surface area (TPSA) is 78.4 Å². The van der Waals surface area contributed by atoms with Crippen molar-refractivity contribution in [3.8, 4) is 0 Å². The van der Waals surface area contributed by atoms with Gasteiger partial charge >= 0.3 is 18.2 Å². The van der Waals surface area contributed by atoms with Gasteiger partial charge in [-0.25, -0.2) is 18.4 Å². The Balaban J connectivity index is 2.95. The Hall–Kier alpha value is -2.39. The maximum absolute atomic E-state index is 13.2. The molecule has 5 nitrogen and oxygen atoms in total. The van der Waals surface area contributed by atoms with Crippen LogP contribution in [0.5, 0.6) is 0 Å². The molecule has 0 aromatic heterocycles. The summed E-state index contributed by atoms with van der Waals surface area (Å²) in [7, 11) is 0. The monoisotopic (exact) mass is 312 g/mol. The summed E-state index contributed by atoms with van der Waals surface area (Å²) in [6.07, 6.45) is -5.29. The van der Waals surface area contributed by atoms with E-state index in [1.165, 1.54) is 0 Å². The molecule has 0 heterocycles. The van der Waals surface area contributed by atoms with Crippen LogP contribution < -0.4 is 10.6 Å². The Labute approximate surface area is 114 Å². The summed E-state index contributed by atoms with van der Waals surface area (Å²) in [5.41, 5.74) is -4.32. The van der Waals surface area contributed by atoms with Crippen molar-refractivity contribution in [2.75, 3.05) is 5.32 Å². The van der Waals surface area contributed by atoms with Crippen molar-refractivity contribution in [3.05, 3.63) is 29.8 Å². The lowest BCUT2D eigenvalue weighted by atomic mass is 10.0. The number of halogens is 5. The lowest BCUT2D eigenvalue weighted by Crippen LogP contribution is -2.62. The molecule has 0 aliphatic carbocycles. The second kappa shape index (κ2) is 5.54. The van der Waals surface area contributed by atoms with E-state index < -0.39 is 41.0 Å². The zero-order valence-electron chi connectivity index (χ0n) is 10.4. The van der Waals surface area contributed by atoms with Crippen LogP contribution in [0.4, 0.5) is 32.4 Å². The summed E-state index contributed by atoms with van der Waals surface area (Å²) in [5, 5.41) is 11.4. The third-order valence-electron chi connectivity index (χ3n) is 2.56. The van der Waals surface area contributed by atoms with Gasteiger partial charge in [-0.2, -0.15) is 13.2 Å². The molecule has 0 spiro atoms. The molecule has 2 amide bonds. The fraction of sp³-hybridized carbons (Fsp3) is 0.273. The van der Waals surface area contributed by atoms with Gasteiger partial charge in [-0.05, 0) is 19.1 Å². The van der Waals surface area contributed by atoms with Gasteiger partial charge < -0.3 is 15.7 Å². The number of nitrogens with one attached hydrogen (secondary N) is 2. The molecule has 1 atom stereocenters. The molecule has 1 unspecified atom stereocenters. The molecule has 0 saturated carbocycles. The predicted molar refractivity (Wildman–Crippen MR) is 60.6 cm³/mol. The van der Waals surface area contributed by atoms with Crippen LogP contribution in [0.2, 0.25) is 0 Å². The van der Waals surface area contributed by atoms with E-state index in [2.05, 4.69) is 0 Å². The van der Waals surface area contributed by atoms with Gasteiger partial charge in [-0.3, -0.25) is 0 Å². The molecule has 0 saturated heterocycles. The Morgan fingerprint density at radius 1 is 1.19 bits per heavy atom. The first-order valence-corrected chi connectivity index (χ1v) is 5.32. The van der Waals surface area contributed by atoms with E-state index in [-0.39, 0.29) is 6.92 Å². The maximum Gasteiger partial charge on any atom is 0.422 e. The zero-order chi connectivity index (χ0) is 16.4. The van der Waals surface area contributed by atoms with Crippen molar-refractivity contribution in [3.63, 3.8) is 0 Å². The van der Waals surface area contributed by atoms with Crippen LogP contribution in [0.15, 0.2) is 18.2 Å². The van der Waals surface area contributed by atoms with Crippen LogP contribution in [-0.4, -0.2) is 28.8 Å². The number of aliphatic carboxylic acids is 1. The Bertz CT molecular complexity index is 575. The number of amides is 2. The number of carboxylic acid groups (broad SMARTS) is 1. The van der Waals surface area contributed by atoms with E-state index in [9.17, 15) is 31.5 Å². The highest BCUT2D eigenvalue weighted by atomic mass is 19.4.